The van der Waals surface area contributed by atoms with Gasteiger partial charge in [0.1, 0.15) is 18.1 Å². The van der Waals surface area contributed by atoms with E-state index in [1.165, 1.54) is 0 Å². The first-order chi connectivity index (χ1) is 13.8. The summed E-state index contributed by atoms with van der Waals surface area (Å²) in [6, 6.07) is -4.59. The Bertz CT molecular complexity index is 645. The molecule has 0 fully saturated rings. The summed E-state index contributed by atoms with van der Waals surface area (Å²) in [4.78, 5) is 60.2. The average molecular weight is 448 g/mol. The first-order valence-electron chi connectivity index (χ1n) is 9.64. The van der Waals surface area contributed by atoms with Crippen LogP contribution in [0.15, 0.2) is 0 Å². The quantitative estimate of drug-likeness (QED) is 0.164. The van der Waals surface area contributed by atoms with E-state index in [4.69, 9.17) is 11.5 Å². The number of carboxylic acid groups (broad SMARTS) is 1. The number of primary amides is 1. The minimum Gasteiger partial charge on any atom is -0.480 e. The van der Waals surface area contributed by atoms with E-state index in [0.29, 0.717) is 6.42 Å². The maximum absolute atomic E-state index is 12.7. The summed E-state index contributed by atoms with van der Waals surface area (Å²) in [5, 5.41) is 16.5. The molecule has 0 bridgehead atoms. The molecule has 0 saturated carbocycles. The Kier molecular flexibility index (Phi) is 12.0. The van der Waals surface area contributed by atoms with Crippen molar-refractivity contribution in [3.05, 3.63) is 0 Å². The minimum atomic E-state index is -1.40. The minimum absolute atomic E-state index is 0.0666. The van der Waals surface area contributed by atoms with E-state index < -0.39 is 60.2 Å². The lowest BCUT2D eigenvalue weighted by Crippen LogP contribution is -2.59. The standard InChI is InChI=1S/C18H33N5O6S/c1-5-9(4)14(18(28)29)23-16(26)11(6-12(20)24)21-17(27)13(8(2)3)22-15(25)10(19)7-30/h8-11,13-14,30H,5-7,19H2,1-4H3,(H2,20,24)(H,21,27)(H,22,25)(H,23,26)(H,28,29). The number of carbonyl (C=O) groups is 5. The predicted molar refractivity (Wildman–Crippen MR) is 113 cm³/mol. The zero-order valence-corrected chi connectivity index (χ0v) is 18.6. The lowest BCUT2D eigenvalue weighted by atomic mass is 9.98. The van der Waals surface area contributed by atoms with Gasteiger partial charge in [0.15, 0.2) is 0 Å². The van der Waals surface area contributed by atoms with Gasteiger partial charge in [0, 0.05) is 5.75 Å². The summed E-state index contributed by atoms with van der Waals surface area (Å²) in [7, 11) is 0. The fourth-order valence-electron chi connectivity index (χ4n) is 2.49. The van der Waals surface area contributed by atoms with Crippen LogP contribution in [0, 0.1) is 11.8 Å². The topological polar surface area (TPSA) is 194 Å². The molecule has 0 aliphatic rings. The Morgan fingerprint density at radius 1 is 0.933 bits per heavy atom. The van der Waals surface area contributed by atoms with E-state index in [9.17, 15) is 29.1 Å². The summed E-state index contributed by atoms with van der Waals surface area (Å²) in [6.45, 7) is 6.75. The van der Waals surface area contributed by atoms with Crippen LogP contribution in [0.1, 0.15) is 40.5 Å². The molecule has 0 aliphatic heterocycles. The third kappa shape index (κ3) is 8.99. The first kappa shape index (κ1) is 27.7. The molecule has 172 valence electrons. The van der Waals surface area contributed by atoms with Crippen LogP contribution in [0.4, 0.5) is 0 Å². The third-order valence-corrected chi connectivity index (χ3v) is 4.99. The Hall–Kier alpha value is -2.34. The molecule has 5 unspecified atom stereocenters. The van der Waals surface area contributed by atoms with Crippen LogP contribution in [0.2, 0.25) is 0 Å². The maximum Gasteiger partial charge on any atom is 0.326 e. The number of rotatable bonds is 13. The van der Waals surface area contributed by atoms with Crippen molar-refractivity contribution in [2.24, 2.45) is 23.3 Å². The number of amides is 4. The molecule has 0 radical (unpaired) electrons. The molecule has 0 aromatic carbocycles. The summed E-state index contributed by atoms with van der Waals surface area (Å²) in [5.41, 5.74) is 10.8. The monoisotopic (exact) mass is 447 g/mol. The molecular weight excluding hydrogens is 414 g/mol. The lowest BCUT2D eigenvalue weighted by Gasteiger charge is -2.27. The highest BCUT2D eigenvalue weighted by Gasteiger charge is 2.33. The Labute approximate surface area is 181 Å². The second-order valence-electron chi connectivity index (χ2n) is 7.46. The molecule has 11 nitrogen and oxygen atoms in total. The number of hydrogen-bond donors (Lipinski definition) is 7. The number of thiol groups is 1. The zero-order valence-electron chi connectivity index (χ0n) is 17.7. The highest BCUT2D eigenvalue weighted by Crippen LogP contribution is 2.09. The molecule has 5 atom stereocenters. The summed E-state index contributed by atoms with van der Waals surface area (Å²) >= 11 is 3.93. The van der Waals surface area contributed by atoms with Gasteiger partial charge in [-0.3, -0.25) is 19.2 Å². The number of carbonyl (C=O) groups excluding carboxylic acids is 4. The van der Waals surface area contributed by atoms with Crippen molar-refractivity contribution in [3.63, 3.8) is 0 Å². The normalized spacial score (nSPS) is 16.0. The van der Waals surface area contributed by atoms with E-state index in [-0.39, 0.29) is 17.6 Å². The van der Waals surface area contributed by atoms with Crippen molar-refractivity contribution < 1.29 is 29.1 Å². The van der Waals surface area contributed by atoms with Crippen molar-refractivity contribution in [1.29, 1.82) is 0 Å². The van der Waals surface area contributed by atoms with Crippen LogP contribution in [-0.4, -0.2) is 64.6 Å². The molecule has 0 saturated heterocycles. The second-order valence-corrected chi connectivity index (χ2v) is 7.83. The van der Waals surface area contributed by atoms with E-state index in [2.05, 4.69) is 28.6 Å². The molecule has 0 aromatic rings. The Balaban J connectivity index is 5.48. The fraction of sp³-hybridized carbons (Fsp3) is 0.722. The molecule has 0 aromatic heterocycles. The smallest absolute Gasteiger partial charge is 0.326 e. The summed E-state index contributed by atoms with van der Waals surface area (Å²) < 4.78 is 0. The largest absolute Gasteiger partial charge is 0.480 e. The van der Waals surface area contributed by atoms with Crippen molar-refractivity contribution >= 4 is 42.2 Å². The van der Waals surface area contributed by atoms with Gasteiger partial charge in [0.25, 0.3) is 0 Å². The van der Waals surface area contributed by atoms with Crippen LogP contribution in [0.3, 0.4) is 0 Å². The number of nitrogens with two attached hydrogens (primary N) is 2. The molecule has 0 rings (SSSR count). The highest BCUT2D eigenvalue weighted by molar-refractivity contribution is 7.80. The number of nitrogens with one attached hydrogen (secondary N) is 3. The van der Waals surface area contributed by atoms with Gasteiger partial charge < -0.3 is 32.5 Å². The molecule has 4 amide bonds. The van der Waals surface area contributed by atoms with Crippen LogP contribution in [0.25, 0.3) is 0 Å². The molecular formula is C18H33N5O6S. The van der Waals surface area contributed by atoms with Gasteiger partial charge in [0.2, 0.25) is 23.6 Å². The number of aliphatic carboxylic acids is 1. The van der Waals surface area contributed by atoms with Gasteiger partial charge in [0.05, 0.1) is 12.5 Å². The molecule has 8 N–H and O–H groups in total. The van der Waals surface area contributed by atoms with Gasteiger partial charge in [-0.25, -0.2) is 4.79 Å². The number of carboxylic acids is 1. The molecule has 0 heterocycles. The van der Waals surface area contributed by atoms with E-state index in [1.807, 2.05) is 0 Å². The van der Waals surface area contributed by atoms with Crippen molar-refractivity contribution in [2.45, 2.75) is 64.7 Å². The van der Waals surface area contributed by atoms with Crippen LogP contribution in [-0.2, 0) is 24.0 Å². The van der Waals surface area contributed by atoms with Gasteiger partial charge >= 0.3 is 5.97 Å². The SMILES string of the molecule is CCC(C)C(NC(=O)C(CC(N)=O)NC(=O)C(NC(=O)C(N)CS)C(C)C)C(=O)O. The number of hydrogen-bond acceptors (Lipinski definition) is 7. The van der Waals surface area contributed by atoms with Crippen LogP contribution in [0.5, 0.6) is 0 Å². The molecule has 12 heteroatoms. The third-order valence-electron chi connectivity index (χ3n) is 4.60. The Morgan fingerprint density at radius 3 is 1.87 bits per heavy atom. The first-order valence-corrected chi connectivity index (χ1v) is 10.3. The summed E-state index contributed by atoms with van der Waals surface area (Å²) in [6.07, 6.45) is -0.0592. The second kappa shape index (κ2) is 13.1. The van der Waals surface area contributed by atoms with Crippen LogP contribution < -0.4 is 27.4 Å². The van der Waals surface area contributed by atoms with Gasteiger partial charge in [-0.15, -0.1) is 0 Å². The van der Waals surface area contributed by atoms with E-state index >= 15 is 0 Å². The maximum atomic E-state index is 12.7. The van der Waals surface area contributed by atoms with Crippen molar-refractivity contribution in [1.82, 2.24) is 16.0 Å². The zero-order chi connectivity index (χ0) is 23.6. The van der Waals surface area contributed by atoms with E-state index in [1.54, 1.807) is 27.7 Å². The predicted octanol–water partition coefficient (Wildman–Crippen LogP) is -1.64. The van der Waals surface area contributed by atoms with Crippen LogP contribution >= 0.6 is 12.6 Å². The fourth-order valence-corrected chi connectivity index (χ4v) is 2.65. The van der Waals surface area contributed by atoms with Gasteiger partial charge in [-0.1, -0.05) is 34.1 Å². The lowest BCUT2D eigenvalue weighted by molar-refractivity contribution is -0.144. The average Bonchev–Trinajstić information content (AvgIpc) is 2.66. The van der Waals surface area contributed by atoms with E-state index in [0.717, 1.165) is 0 Å². The van der Waals surface area contributed by atoms with Gasteiger partial charge in [-0.05, 0) is 11.8 Å². The molecule has 30 heavy (non-hydrogen) atoms. The van der Waals surface area contributed by atoms with Crippen molar-refractivity contribution in [2.75, 3.05) is 5.75 Å². The molecule has 0 aliphatic carbocycles. The van der Waals surface area contributed by atoms with Crippen molar-refractivity contribution in [3.8, 4) is 0 Å². The summed E-state index contributed by atoms with van der Waals surface area (Å²) in [5.74, 6) is -5.00. The Morgan fingerprint density at radius 2 is 1.47 bits per heavy atom. The van der Waals surface area contributed by atoms with Gasteiger partial charge in [-0.2, -0.15) is 12.6 Å². The molecule has 0 spiro atoms. The highest BCUT2D eigenvalue weighted by atomic mass is 32.1.